The highest BCUT2D eigenvalue weighted by molar-refractivity contribution is 14.0. The van der Waals surface area contributed by atoms with Gasteiger partial charge in [0, 0.05) is 25.5 Å². The smallest absolute Gasteiger partial charge is 0.193 e. The molecule has 102 valence electrons. The molecule has 0 aliphatic carbocycles. The molecule has 0 atom stereocenters. The van der Waals surface area contributed by atoms with Crippen LogP contribution in [0, 0.1) is 0 Å². The van der Waals surface area contributed by atoms with Gasteiger partial charge in [0.25, 0.3) is 0 Å². The van der Waals surface area contributed by atoms with Crippen molar-refractivity contribution < 1.29 is 0 Å². The highest BCUT2D eigenvalue weighted by atomic mass is 127. The van der Waals surface area contributed by atoms with Crippen LogP contribution in [0.15, 0.2) is 47.7 Å². The number of aryl methyl sites for hydroxylation is 1. The zero-order valence-electron chi connectivity index (χ0n) is 10.8. The first kappa shape index (κ1) is 15.5. The first-order valence-corrected chi connectivity index (χ1v) is 5.83. The Hall–Kier alpha value is -1.57. The van der Waals surface area contributed by atoms with Crippen molar-refractivity contribution in [3.63, 3.8) is 0 Å². The standard InChI is InChI=1S/C13H17N5.HI/c1-18-10-11(9-16-18)7-8-15-13(14)17-12-5-3-2-4-6-12;/h2-6,9-10H,7-8H2,1H3,(H3,14,15,17);1H. The van der Waals surface area contributed by atoms with Crippen LogP contribution >= 0.6 is 24.0 Å². The van der Waals surface area contributed by atoms with E-state index in [0.29, 0.717) is 12.5 Å². The van der Waals surface area contributed by atoms with E-state index in [1.54, 1.807) is 4.68 Å². The van der Waals surface area contributed by atoms with Gasteiger partial charge in [-0.05, 0) is 24.1 Å². The molecule has 1 aromatic carbocycles. The van der Waals surface area contributed by atoms with Gasteiger partial charge in [-0.1, -0.05) is 18.2 Å². The van der Waals surface area contributed by atoms with Gasteiger partial charge in [-0.15, -0.1) is 24.0 Å². The molecule has 3 N–H and O–H groups in total. The lowest BCUT2D eigenvalue weighted by Gasteiger charge is -2.04. The largest absolute Gasteiger partial charge is 0.370 e. The minimum absolute atomic E-state index is 0. The van der Waals surface area contributed by atoms with Crippen molar-refractivity contribution in [2.75, 3.05) is 11.9 Å². The zero-order valence-corrected chi connectivity index (χ0v) is 13.1. The van der Waals surface area contributed by atoms with Crippen molar-refractivity contribution in [2.45, 2.75) is 6.42 Å². The number of halogens is 1. The number of aromatic nitrogens is 2. The molecule has 0 aliphatic heterocycles. The maximum Gasteiger partial charge on any atom is 0.193 e. The molecular weight excluding hydrogens is 353 g/mol. The summed E-state index contributed by atoms with van der Waals surface area (Å²) >= 11 is 0. The van der Waals surface area contributed by atoms with Crippen molar-refractivity contribution in [2.24, 2.45) is 17.8 Å². The molecule has 1 aromatic heterocycles. The molecule has 0 fully saturated rings. The molecule has 0 saturated heterocycles. The van der Waals surface area contributed by atoms with E-state index in [-0.39, 0.29) is 24.0 Å². The highest BCUT2D eigenvalue weighted by Crippen LogP contribution is 2.04. The maximum absolute atomic E-state index is 5.79. The van der Waals surface area contributed by atoms with Gasteiger partial charge in [-0.2, -0.15) is 5.10 Å². The highest BCUT2D eigenvalue weighted by Gasteiger charge is 1.96. The Bertz CT molecular complexity index is 521. The van der Waals surface area contributed by atoms with Gasteiger partial charge < -0.3 is 11.1 Å². The molecule has 0 amide bonds. The molecule has 0 bridgehead atoms. The second-order valence-electron chi connectivity index (χ2n) is 4.03. The van der Waals surface area contributed by atoms with Crippen LogP contribution in [0.25, 0.3) is 0 Å². The summed E-state index contributed by atoms with van der Waals surface area (Å²) in [6, 6.07) is 9.75. The van der Waals surface area contributed by atoms with Crippen molar-refractivity contribution in [1.29, 1.82) is 0 Å². The van der Waals surface area contributed by atoms with Gasteiger partial charge in [-0.3, -0.25) is 9.67 Å². The topological polar surface area (TPSA) is 68.2 Å². The van der Waals surface area contributed by atoms with Crippen LogP contribution in [0.1, 0.15) is 5.56 Å². The fraction of sp³-hybridized carbons (Fsp3) is 0.231. The van der Waals surface area contributed by atoms with E-state index in [9.17, 15) is 0 Å². The summed E-state index contributed by atoms with van der Waals surface area (Å²) < 4.78 is 1.78. The molecular formula is C13H18IN5. The molecule has 1 heterocycles. The number of nitrogens with zero attached hydrogens (tertiary/aromatic N) is 3. The van der Waals surface area contributed by atoms with Crippen LogP contribution in [-0.4, -0.2) is 22.3 Å². The van der Waals surface area contributed by atoms with E-state index in [2.05, 4.69) is 15.4 Å². The van der Waals surface area contributed by atoms with E-state index in [1.165, 1.54) is 0 Å². The predicted octanol–water partition coefficient (Wildman–Crippen LogP) is 2.01. The molecule has 0 radical (unpaired) electrons. The number of nitrogens with two attached hydrogens (primary N) is 1. The predicted molar refractivity (Wildman–Crippen MR) is 88.9 cm³/mol. The maximum atomic E-state index is 5.79. The molecule has 0 unspecified atom stereocenters. The van der Waals surface area contributed by atoms with Gasteiger partial charge in [-0.25, -0.2) is 0 Å². The van der Waals surface area contributed by atoms with Gasteiger partial charge in [0.15, 0.2) is 5.96 Å². The van der Waals surface area contributed by atoms with Gasteiger partial charge in [0.1, 0.15) is 0 Å². The second-order valence-corrected chi connectivity index (χ2v) is 4.03. The molecule has 0 aliphatic rings. The van der Waals surface area contributed by atoms with E-state index >= 15 is 0 Å². The lowest BCUT2D eigenvalue weighted by Crippen LogP contribution is -2.22. The molecule has 5 nitrogen and oxygen atoms in total. The average Bonchev–Trinajstić information content (AvgIpc) is 2.76. The number of rotatable bonds is 4. The number of hydrogen-bond acceptors (Lipinski definition) is 2. The monoisotopic (exact) mass is 371 g/mol. The molecule has 2 rings (SSSR count). The molecule has 6 heteroatoms. The normalized spacial score (nSPS) is 10.9. The van der Waals surface area contributed by atoms with Crippen LogP contribution in [0.3, 0.4) is 0 Å². The third-order valence-electron chi connectivity index (χ3n) is 2.49. The average molecular weight is 371 g/mol. The lowest BCUT2D eigenvalue weighted by atomic mass is 10.3. The van der Waals surface area contributed by atoms with Crippen LogP contribution in [0.5, 0.6) is 0 Å². The lowest BCUT2D eigenvalue weighted by molar-refractivity contribution is 0.766. The van der Waals surface area contributed by atoms with E-state index < -0.39 is 0 Å². The van der Waals surface area contributed by atoms with Crippen LogP contribution < -0.4 is 11.1 Å². The zero-order chi connectivity index (χ0) is 12.8. The Morgan fingerprint density at radius 1 is 1.37 bits per heavy atom. The number of anilines is 1. The molecule has 0 spiro atoms. The third-order valence-corrected chi connectivity index (χ3v) is 2.49. The van der Waals surface area contributed by atoms with Crippen molar-refractivity contribution in [3.8, 4) is 0 Å². The number of benzene rings is 1. The number of para-hydroxylation sites is 1. The summed E-state index contributed by atoms with van der Waals surface area (Å²) in [7, 11) is 1.90. The second kappa shape index (κ2) is 7.78. The molecule has 2 aromatic rings. The third kappa shape index (κ3) is 5.29. The van der Waals surface area contributed by atoms with E-state index in [4.69, 9.17) is 5.73 Å². The van der Waals surface area contributed by atoms with Gasteiger partial charge >= 0.3 is 0 Å². The Kier molecular flexibility index (Phi) is 6.34. The number of guanidine groups is 1. The fourth-order valence-electron chi connectivity index (χ4n) is 1.62. The van der Waals surface area contributed by atoms with Gasteiger partial charge in [0.05, 0.1) is 6.20 Å². The Labute approximate surface area is 129 Å². The SMILES string of the molecule is Cn1cc(CCN=C(N)Nc2ccccc2)cn1.I. The van der Waals surface area contributed by atoms with Crippen molar-refractivity contribution in [3.05, 3.63) is 48.3 Å². The number of hydrogen-bond donors (Lipinski definition) is 2. The van der Waals surface area contributed by atoms with Crippen molar-refractivity contribution in [1.82, 2.24) is 9.78 Å². The van der Waals surface area contributed by atoms with Crippen molar-refractivity contribution >= 4 is 35.6 Å². The number of nitrogens with one attached hydrogen (secondary N) is 1. The molecule has 0 saturated carbocycles. The summed E-state index contributed by atoms with van der Waals surface area (Å²) in [6.07, 6.45) is 4.66. The van der Waals surface area contributed by atoms with Crippen LogP contribution in [0.4, 0.5) is 5.69 Å². The quantitative estimate of drug-likeness (QED) is 0.491. The van der Waals surface area contributed by atoms with E-state index in [1.807, 2.05) is 49.8 Å². The fourth-order valence-corrected chi connectivity index (χ4v) is 1.62. The van der Waals surface area contributed by atoms with Crippen LogP contribution in [-0.2, 0) is 13.5 Å². The minimum atomic E-state index is 0. The Balaban J connectivity index is 0.00000180. The van der Waals surface area contributed by atoms with Gasteiger partial charge in [0.2, 0.25) is 0 Å². The molecule has 19 heavy (non-hydrogen) atoms. The summed E-state index contributed by atoms with van der Waals surface area (Å²) in [5.41, 5.74) is 7.90. The van der Waals surface area contributed by atoms with Crippen LogP contribution in [0.2, 0.25) is 0 Å². The summed E-state index contributed by atoms with van der Waals surface area (Å²) in [6.45, 7) is 0.650. The Morgan fingerprint density at radius 2 is 2.11 bits per heavy atom. The minimum Gasteiger partial charge on any atom is -0.370 e. The summed E-state index contributed by atoms with van der Waals surface area (Å²) in [5.74, 6) is 0.435. The summed E-state index contributed by atoms with van der Waals surface area (Å²) in [4.78, 5) is 4.27. The van der Waals surface area contributed by atoms with E-state index in [0.717, 1.165) is 17.7 Å². The first-order chi connectivity index (χ1) is 8.74. The summed E-state index contributed by atoms with van der Waals surface area (Å²) in [5, 5.41) is 7.14. The number of aliphatic imine (C=N–C) groups is 1. The first-order valence-electron chi connectivity index (χ1n) is 5.83. The Morgan fingerprint density at radius 3 is 2.74 bits per heavy atom.